The molecular formula is C74H80N2. The molecule has 7 aromatic carbocycles. The third-order valence-electron chi connectivity index (χ3n) is 16.9. The Morgan fingerprint density at radius 1 is 0.500 bits per heavy atom. The van der Waals surface area contributed by atoms with Gasteiger partial charge < -0.3 is 9.80 Å². The van der Waals surface area contributed by atoms with Crippen LogP contribution in [-0.2, 0) is 27.1 Å². The van der Waals surface area contributed by atoms with Gasteiger partial charge in [-0.2, -0.15) is 0 Å². The zero-order valence-electron chi connectivity index (χ0n) is 48.3. The fourth-order valence-corrected chi connectivity index (χ4v) is 12.5. The lowest BCUT2D eigenvalue weighted by molar-refractivity contribution is 0.519. The molecule has 2 heteroatoms. The van der Waals surface area contributed by atoms with Crippen molar-refractivity contribution in [2.24, 2.45) is 5.41 Å². The summed E-state index contributed by atoms with van der Waals surface area (Å²) >= 11 is 0. The minimum absolute atomic E-state index is 0.00584. The first-order valence-corrected chi connectivity index (χ1v) is 27.6. The number of allylic oxidation sites excluding steroid dienone is 6. The highest BCUT2D eigenvalue weighted by atomic mass is 15.1. The Bertz CT molecular complexity index is 3420. The van der Waals surface area contributed by atoms with Gasteiger partial charge in [0.25, 0.3) is 0 Å². The lowest BCUT2D eigenvalue weighted by Crippen LogP contribution is -2.28. The molecular weight excluding hydrogens is 917 g/mol. The van der Waals surface area contributed by atoms with Crippen LogP contribution in [0, 0.1) is 5.41 Å². The lowest BCUT2D eigenvalue weighted by atomic mass is 9.69. The van der Waals surface area contributed by atoms with Crippen molar-refractivity contribution in [2.45, 2.75) is 131 Å². The van der Waals surface area contributed by atoms with Crippen LogP contribution in [0.25, 0.3) is 27.8 Å². The Morgan fingerprint density at radius 2 is 0.934 bits per heavy atom. The molecule has 0 amide bonds. The van der Waals surface area contributed by atoms with Gasteiger partial charge in [-0.3, -0.25) is 0 Å². The molecule has 3 aliphatic carbocycles. The van der Waals surface area contributed by atoms with E-state index in [4.69, 9.17) is 6.58 Å². The monoisotopic (exact) mass is 997 g/mol. The van der Waals surface area contributed by atoms with Gasteiger partial charge in [-0.25, -0.2) is 0 Å². The first-order valence-electron chi connectivity index (χ1n) is 27.6. The highest BCUT2D eigenvalue weighted by Gasteiger charge is 2.56. The summed E-state index contributed by atoms with van der Waals surface area (Å²) in [6.45, 7) is 44.4. The van der Waals surface area contributed by atoms with Gasteiger partial charge in [-0.15, -0.1) is 0 Å². The predicted octanol–water partition coefficient (Wildman–Crippen LogP) is 20.2. The van der Waals surface area contributed by atoms with Crippen LogP contribution in [0.5, 0.6) is 0 Å². The van der Waals surface area contributed by atoms with Gasteiger partial charge in [0.1, 0.15) is 0 Å². The third-order valence-corrected chi connectivity index (χ3v) is 16.9. The average Bonchev–Trinajstić information content (AvgIpc) is 4.03. The first-order chi connectivity index (χ1) is 35.8. The number of fused-ring (bicyclic) bond motifs is 11. The van der Waals surface area contributed by atoms with Crippen LogP contribution in [0.1, 0.15) is 154 Å². The molecule has 7 aromatic rings. The van der Waals surface area contributed by atoms with Gasteiger partial charge in [0, 0.05) is 40.3 Å². The maximum absolute atomic E-state index is 4.81. The molecule has 10 rings (SSSR count). The quantitative estimate of drug-likeness (QED) is 0.133. The summed E-state index contributed by atoms with van der Waals surface area (Å²) in [6, 6.07) is 58.2. The molecule has 0 bridgehead atoms. The zero-order valence-corrected chi connectivity index (χ0v) is 48.3. The summed E-state index contributed by atoms with van der Waals surface area (Å²) in [5.41, 5.74) is 25.2. The topological polar surface area (TPSA) is 6.48 Å². The molecule has 2 nitrogen and oxygen atoms in total. The average molecular weight is 997 g/mol. The normalized spacial score (nSPS) is 16.2. The fourth-order valence-electron chi connectivity index (χ4n) is 12.5. The highest BCUT2D eigenvalue weighted by Crippen LogP contribution is 2.68. The second-order valence-corrected chi connectivity index (χ2v) is 26.3. The molecule has 386 valence electrons. The number of rotatable bonds is 9. The fraction of sp³-hybridized carbons (Fsp3) is 0.297. The molecule has 3 aliphatic rings. The maximum Gasteiger partial charge on any atom is 0.0723 e. The van der Waals surface area contributed by atoms with Gasteiger partial charge in [0.05, 0.1) is 11.1 Å². The lowest BCUT2D eigenvalue weighted by Gasteiger charge is -2.35. The molecule has 0 aromatic heterocycles. The summed E-state index contributed by atoms with van der Waals surface area (Å²) in [6.07, 6.45) is 9.29. The molecule has 76 heavy (non-hydrogen) atoms. The Labute approximate surface area is 457 Å². The van der Waals surface area contributed by atoms with Crippen LogP contribution < -0.4 is 9.80 Å². The standard InChI is InChI=1S/C74H80N2/c1-18-56-63(45-46-75(49(3)32-31-48(2)69(4,5)6)53-39-33-50(34-40-53)70(7,8)9)74(61-29-23-19-25-57(61)58-26-20-24-30-62(58)74)64-47-65(67-59-27-21-22-28-60(59)73(16,17)68(67)66(56)64)76(54-41-35-51(36-42-54)71(10,11)12)55-43-37-52(38-44-55)72(13,14)15/h18-45,47H,2-3,46H2,1,4-17H3/b32-31-,56-18+,63-45+. The minimum atomic E-state index is -0.656. The van der Waals surface area contributed by atoms with Gasteiger partial charge in [0.2, 0.25) is 0 Å². The van der Waals surface area contributed by atoms with Crippen LogP contribution in [0.15, 0.2) is 206 Å². The number of hydrogen-bond acceptors (Lipinski definition) is 2. The van der Waals surface area contributed by atoms with Crippen molar-refractivity contribution in [3.8, 4) is 22.3 Å². The largest absolute Gasteiger partial charge is 0.338 e. The first kappa shape index (κ1) is 52.3. The predicted molar refractivity (Wildman–Crippen MR) is 329 cm³/mol. The van der Waals surface area contributed by atoms with E-state index in [2.05, 4.69) is 296 Å². The van der Waals surface area contributed by atoms with E-state index in [1.807, 2.05) is 0 Å². The number of hydrogen-bond donors (Lipinski definition) is 0. The van der Waals surface area contributed by atoms with Gasteiger partial charge >= 0.3 is 0 Å². The van der Waals surface area contributed by atoms with Crippen molar-refractivity contribution < 1.29 is 0 Å². The highest BCUT2D eigenvalue weighted by molar-refractivity contribution is 6.07. The van der Waals surface area contributed by atoms with Crippen LogP contribution >= 0.6 is 0 Å². The summed E-state index contributed by atoms with van der Waals surface area (Å²) in [7, 11) is 0. The smallest absolute Gasteiger partial charge is 0.0723 e. The molecule has 0 heterocycles. The van der Waals surface area contributed by atoms with E-state index < -0.39 is 5.41 Å². The van der Waals surface area contributed by atoms with Gasteiger partial charge in [0.15, 0.2) is 0 Å². The summed E-state index contributed by atoms with van der Waals surface area (Å²) < 4.78 is 0. The number of anilines is 4. The van der Waals surface area contributed by atoms with Crippen LogP contribution in [-0.4, -0.2) is 6.54 Å². The minimum Gasteiger partial charge on any atom is -0.338 e. The van der Waals surface area contributed by atoms with Crippen molar-refractivity contribution in [3.05, 3.63) is 256 Å². The molecule has 0 fully saturated rings. The molecule has 0 saturated carbocycles. The number of benzene rings is 7. The SMILES string of the molecule is C=C(/C=C\C(=C)C(C)(C)C)N(C/C=C1\C(=C/C)c2c(cc(N(c3ccc(C(C)(C)C)cc3)c3ccc(C(C)(C)C)cc3)c3c2C(C)(C)c2ccccc2-3)C12c1ccccc1-c1ccccc12)c1ccc(C(C)(C)C)cc1. The molecule has 1 spiro atoms. The summed E-state index contributed by atoms with van der Waals surface area (Å²) in [4.78, 5) is 4.96. The molecule has 0 N–H and O–H groups in total. The molecule has 0 atom stereocenters. The van der Waals surface area contributed by atoms with E-state index >= 15 is 0 Å². The maximum atomic E-state index is 4.81. The Balaban J connectivity index is 1.30. The van der Waals surface area contributed by atoms with Crippen molar-refractivity contribution in [3.63, 3.8) is 0 Å². The molecule has 0 aliphatic heterocycles. The zero-order chi connectivity index (χ0) is 54.5. The molecule has 0 unspecified atom stereocenters. The summed E-state index contributed by atoms with van der Waals surface area (Å²) in [5.74, 6) is 0. The van der Waals surface area contributed by atoms with E-state index in [9.17, 15) is 0 Å². The van der Waals surface area contributed by atoms with Crippen LogP contribution in [0.4, 0.5) is 22.7 Å². The van der Waals surface area contributed by atoms with E-state index in [0.29, 0.717) is 6.54 Å². The Kier molecular flexibility index (Phi) is 12.8. The van der Waals surface area contributed by atoms with Crippen LogP contribution in [0.2, 0.25) is 0 Å². The van der Waals surface area contributed by atoms with Gasteiger partial charge in [-0.1, -0.05) is 238 Å². The van der Waals surface area contributed by atoms with Crippen molar-refractivity contribution >= 4 is 28.3 Å². The van der Waals surface area contributed by atoms with Crippen molar-refractivity contribution in [1.82, 2.24) is 0 Å². The number of nitrogens with zero attached hydrogens (tertiary/aromatic N) is 2. The second-order valence-electron chi connectivity index (χ2n) is 26.3. The Morgan fingerprint density at radius 3 is 1.38 bits per heavy atom. The van der Waals surface area contributed by atoms with E-state index in [0.717, 1.165) is 28.3 Å². The van der Waals surface area contributed by atoms with E-state index in [-0.39, 0.29) is 27.1 Å². The molecule has 0 saturated heterocycles. The van der Waals surface area contributed by atoms with Crippen molar-refractivity contribution in [1.29, 1.82) is 0 Å². The van der Waals surface area contributed by atoms with Crippen LogP contribution in [0.3, 0.4) is 0 Å². The van der Waals surface area contributed by atoms with Crippen molar-refractivity contribution in [2.75, 3.05) is 16.3 Å². The molecule has 0 radical (unpaired) electrons. The summed E-state index contributed by atoms with van der Waals surface area (Å²) in [5, 5.41) is 0. The second kappa shape index (κ2) is 18.5. The third kappa shape index (κ3) is 8.57. The van der Waals surface area contributed by atoms with E-state index in [1.165, 1.54) is 89.2 Å². The van der Waals surface area contributed by atoms with Gasteiger partial charge in [-0.05, 0) is 161 Å². The Hall–Kier alpha value is -7.16. The van der Waals surface area contributed by atoms with E-state index in [1.54, 1.807) is 0 Å².